The van der Waals surface area contributed by atoms with Gasteiger partial charge in [0.05, 0.1) is 17.7 Å². The van der Waals surface area contributed by atoms with Crippen molar-refractivity contribution in [2.24, 2.45) is 0 Å². The highest BCUT2D eigenvalue weighted by atomic mass is 19.4. The molecule has 0 amide bonds. The lowest BCUT2D eigenvalue weighted by Gasteiger charge is -2.12. The largest absolute Gasteiger partial charge is 0.462 e. The van der Waals surface area contributed by atoms with Gasteiger partial charge >= 0.3 is 12.1 Å². The topological polar surface area (TPSA) is 26.3 Å². The number of ether oxygens (including phenoxy) is 1. The summed E-state index contributed by atoms with van der Waals surface area (Å²) in [6, 6.07) is 1.95. The van der Waals surface area contributed by atoms with E-state index in [0.717, 1.165) is 31.4 Å². The van der Waals surface area contributed by atoms with Crippen LogP contribution in [0.5, 0.6) is 0 Å². The lowest BCUT2D eigenvalue weighted by atomic mass is 10.1. The van der Waals surface area contributed by atoms with Gasteiger partial charge in [-0.25, -0.2) is 9.18 Å². The molecule has 0 heterocycles. The standard InChI is InChI=1S/C18H24F4O2/c1-2-3-4-5-6-7-8-9-12-24-17(23)15-11-10-14(19)13-16(15)18(20,21)22/h10-11,13H,2-9,12H2,1H3. The Balaban J connectivity index is 2.36. The molecular weight excluding hydrogens is 324 g/mol. The quantitative estimate of drug-likeness (QED) is 0.288. The zero-order valence-corrected chi connectivity index (χ0v) is 13.9. The average molecular weight is 348 g/mol. The van der Waals surface area contributed by atoms with E-state index in [1.807, 2.05) is 0 Å². The van der Waals surface area contributed by atoms with Crippen molar-refractivity contribution in [1.29, 1.82) is 0 Å². The van der Waals surface area contributed by atoms with Crippen LogP contribution < -0.4 is 0 Å². The van der Waals surface area contributed by atoms with Gasteiger partial charge in [0.25, 0.3) is 0 Å². The van der Waals surface area contributed by atoms with Crippen LogP contribution in [0.1, 0.15) is 74.2 Å². The Morgan fingerprint density at radius 2 is 1.58 bits per heavy atom. The highest BCUT2D eigenvalue weighted by Gasteiger charge is 2.36. The van der Waals surface area contributed by atoms with E-state index in [1.165, 1.54) is 25.7 Å². The van der Waals surface area contributed by atoms with Crippen LogP contribution in [-0.4, -0.2) is 12.6 Å². The zero-order valence-electron chi connectivity index (χ0n) is 13.9. The van der Waals surface area contributed by atoms with Crippen LogP contribution in [0.15, 0.2) is 18.2 Å². The number of rotatable bonds is 10. The number of carbonyl (C=O) groups is 1. The third-order valence-electron chi connectivity index (χ3n) is 3.74. The van der Waals surface area contributed by atoms with Crippen LogP contribution >= 0.6 is 0 Å². The first-order valence-corrected chi connectivity index (χ1v) is 8.40. The Hall–Kier alpha value is -1.59. The molecule has 24 heavy (non-hydrogen) atoms. The average Bonchev–Trinajstić information content (AvgIpc) is 2.52. The molecule has 0 saturated heterocycles. The fourth-order valence-corrected chi connectivity index (χ4v) is 2.41. The molecule has 1 aromatic rings. The molecule has 0 saturated carbocycles. The van der Waals surface area contributed by atoms with E-state index in [1.54, 1.807) is 0 Å². The minimum absolute atomic E-state index is 0.0719. The molecule has 0 aliphatic carbocycles. The van der Waals surface area contributed by atoms with Crippen molar-refractivity contribution in [3.8, 4) is 0 Å². The van der Waals surface area contributed by atoms with Gasteiger partial charge in [-0.1, -0.05) is 51.9 Å². The highest BCUT2D eigenvalue weighted by molar-refractivity contribution is 5.91. The van der Waals surface area contributed by atoms with Gasteiger partial charge in [0.1, 0.15) is 5.82 Å². The van der Waals surface area contributed by atoms with Crippen molar-refractivity contribution in [1.82, 2.24) is 0 Å². The number of carbonyl (C=O) groups excluding carboxylic acids is 1. The molecule has 0 aliphatic rings. The first kappa shape index (κ1) is 20.5. The van der Waals surface area contributed by atoms with Gasteiger partial charge < -0.3 is 4.74 Å². The lowest BCUT2D eigenvalue weighted by molar-refractivity contribution is -0.138. The van der Waals surface area contributed by atoms with Crippen LogP contribution in [0.2, 0.25) is 0 Å². The number of halogens is 4. The molecule has 0 aromatic heterocycles. The summed E-state index contributed by atoms with van der Waals surface area (Å²) in [5.74, 6) is -2.10. The summed E-state index contributed by atoms with van der Waals surface area (Å²) in [6.07, 6.45) is 3.65. The second-order valence-electron chi connectivity index (χ2n) is 5.80. The van der Waals surface area contributed by atoms with Gasteiger partial charge in [-0.3, -0.25) is 0 Å². The summed E-state index contributed by atoms with van der Waals surface area (Å²) in [5, 5.41) is 0. The maximum Gasteiger partial charge on any atom is 0.417 e. The fraction of sp³-hybridized carbons (Fsp3) is 0.611. The number of unbranched alkanes of at least 4 members (excludes halogenated alkanes) is 7. The smallest absolute Gasteiger partial charge is 0.417 e. The van der Waals surface area contributed by atoms with Crippen molar-refractivity contribution in [3.63, 3.8) is 0 Å². The SMILES string of the molecule is CCCCCCCCCCOC(=O)c1ccc(F)cc1C(F)(F)F. The molecule has 0 fully saturated rings. The van der Waals surface area contributed by atoms with Gasteiger partial charge in [0, 0.05) is 0 Å². The zero-order chi connectivity index (χ0) is 18.0. The summed E-state index contributed by atoms with van der Waals surface area (Å²) in [5.41, 5.74) is -1.95. The summed E-state index contributed by atoms with van der Waals surface area (Å²) in [6.45, 7) is 2.22. The summed E-state index contributed by atoms with van der Waals surface area (Å²) in [7, 11) is 0. The second-order valence-corrected chi connectivity index (χ2v) is 5.80. The van der Waals surface area contributed by atoms with Crippen molar-refractivity contribution >= 4 is 5.97 Å². The van der Waals surface area contributed by atoms with Crippen LogP contribution in [0.3, 0.4) is 0 Å². The fourth-order valence-electron chi connectivity index (χ4n) is 2.41. The van der Waals surface area contributed by atoms with Crippen LogP contribution in [0.4, 0.5) is 17.6 Å². The van der Waals surface area contributed by atoms with Crippen LogP contribution in [-0.2, 0) is 10.9 Å². The van der Waals surface area contributed by atoms with Gasteiger partial charge in [0.15, 0.2) is 0 Å². The molecule has 0 unspecified atom stereocenters. The molecular formula is C18H24F4O2. The van der Waals surface area contributed by atoms with Gasteiger partial charge in [-0.15, -0.1) is 0 Å². The minimum atomic E-state index is -4.80. The predicted molar refractivity (Wildman–Crippen MR) is 84.3 cm³/mol. The molecule has 2 nitrogen and oxygen atoms in total. The molecule has 0 N–H and O–H groups in total. The molecule has 0 spiro atoms. The van der Waals surface area contributed by atoms with E-state index in [-0.39, 0.29) is 6.61 Å². The predicted octanol–water partition coefficient (Wildman–Crippen LogP) is 6.14. The normalized spacial score (nSPS) is 11.5. The summed E-state index contributed by atoms with van der Waals surface area (Å²) in [4.78, 5) is 11.8. The van der Waals surface area contributed by atoms with Crippen LogP contribution in [0.25, 0.3) is 0 Å². The Morgan fingerprint density at radius 3 is 2.17 bits per heavy atom. The van der Waals surface area contributed by atoms with Crippen molar-refractivity contribution < 1.29 is 27.1 Å². The Morgan fingerprint density at radius 1 is 1.00 bits per heavy atom. The van der Waals surface area contributed by atoms with Crippen molar-refractivity contribution in [3.05, 3.63) is 35.1 Å². The highest BCUT2D eigenvalue weighted by Crippen LogP contribution is 2.32. The van der Waals surface area contributed by atoms with E-state index in [2.05, 4.69) is 6.92 Å². The Bertz CT molecular complexity index is 512. The first-order chi connectivity index (χ1) is 11.4. The maximum absolute atomic E-state index is 13.0. The number of alkyl halides is 3. The van der Waals surface area contributed by atoms with E-state index in [9.17, 15) is 22.4 Å². The summed E-state index contributed by atoms with van der Waals surface area (Å²) >= 11 is 0. The number of esters is 1. The van der Waals surface area contributed by atoms with E-state index >= 15 is 0 Å². The Kier molecular flexibility index (Phi) is 8.79. The third kappa shape index (κ3) is 7.32. The molecule has 136 valence electrons. The van der Waals surface area contributed by atoms with Gasteiger partial charge in [-0.05, 0) is 24.6 Å². The number of hydrogen-bond donors (Lipinski definition) is 0. The van der Waals surface area contributed by atoms with Crippen molar-refractivity contribution in [2.45, 2.75) is 64.5 Å². The first-order valence-electron chi connectivity index (χ1n) is 8.40. The third-order valence-corrected chi connectivity index (χ3v) is 3.74. The van der Waals surface area contributed by atoms with E-state index in [4.69, 9.17) is 4.74 Å². The summed E-state index contributed by atoms with van der Waals surface area (Å²) < 4.78 is 56.4. The molecule has 1 aromatic carbocycles. The molecule has 0 atom stereocenters. The number of hydrogen-bond acceptors (Lipinski definition) is 2. The van der Waals surface area contributed by atoms with Gasteiger partial charge in [-0.2, -0.15) is 13.2 Å². The van der Waals surface area contributed by atoms with Crippen molar-refractivity contribution in [2.75, 3.05) is 6.61 Å². The molecule has 1 rings (SSSR count). The molecule has 0 aliphatic heterocycles. The number of benzene rings is 1. The second kappa shape index (κ2) is 10.3. The molecule has 0 bridgehead atoms. The monoisotopic (exact) mass is 348 g/mol. The minimum Gasteiger partial charge on any atom is -0.462 e. The van der Waals surface area contributed by atoms with E-state index in [0.29, 0.717) is 12.5 Å². The maximum atomic E-state index is 13.0. The Labute approximate surface area is 140 Å². The molecule has 6 heteroatoms. The van der Waals surface area contributed by atoms with Crippen LogP contribution in [0, 0.1) is 5.82 Å². The van der Waals surface area contributed by atoms with E-state index < -0.39 is 29.1 Å². The lowest BCUT2D eigenvalue weighted by Crippen LogP contribution is -2.16. The van der Waals surface area contributed by atoms with Gasteiger partial charge in [0.2, 0.25) is 0 Å². The molecule has 0 radical (unpaired) electrons.